The van der Waals surface area contributed by atoms with Gasteiger partial charge in [-0.15, -0.1) is 12.2 Å². The van der Waals surface area contributed by atoms with Gasteiger partial charge in [-0.25, -0.2) is 0 Å². The molecule has 0 radical (unpaired) electrons. The van der Waals surface area contributed by atoms with Gasteiger partial charge in [0.25, 0.3) is 0 Å². The molecule has 2 amide bonds. The monoisotopic (exact) mass is 602 g/mol. The van der Waals surface area contributed by atoms with Crippen LogP contribution in [0.3, 0.4) is 0 Å². The average molecular weight is 603 g/mol. The number of rotatable bonds is 16. The number of Topliss-reactive ketones (excluding diaryl/α,β-unsaturated/α-hetero) is 2. The Balaban J connectivity index is 0. The summed E-state index contributed by atoms with van der Waals surface area (Å²) in [4.78, 5) is 46.3. The summed E-state index contributed by atoms with van der Waals surface area (Å²) in [6, 6.07) is 6.52. The second-order valence-corrected chi connectivity index (χ2v) is 7.65. The van der Waals surface area contributed by atoms with Crippen LogP contribution in [0.4, 0.5) is 5.69 Å². The van der Waals surface area contributed by atoms with Gasteiger partial charge in [-0.2, -0.15) is 0 Å². The minimum Gasteiger partial charge on any atom is -0.651 e. The van der Waals surface area contributed by atoms with Crippen LogP contribution in [-0.2, 0) is 35.1 Å². The molecule has 8 nitrogen and oxygen atoms in total. The van der Waals surface area contributed by atoms with E-state index in [0.29, 0.717) is 31.4 Å². The molecule has 0 atom stereocenters. The molecule has 0 aliphatic carbocycles. The van der Waals surface area contributed by atoms with E-state index in [1.165, 1.54) is 6.92 Å². The minimum atomic E-state index is -0.586. The molecule has 1 aromatic carbocycles. The third-order valence-corrected chi connectivity index (χ3v) is 3.89. The second-order valence-electron chi connectivity index (χ2n) is 7.65. The molecule has 1 rings (SSSR count). The fourth-order valence-electron chi connectivity index (χ4n) is 2.54. The number of amides is 2. The maximum absolute atomic E-state index is 11.9. The van der Waals surface area contributed by atoms with Crippen molar-refractivity contribution in [2.24, 2.45) is 5.92 Å². The zero-order valence-electron chi connectivity index (χ0n) is 20.6. The maximum atomic E-state index is 11.9. The Morgan fingerprint density at radius 2 is 1.52 bits per heavy atom. The van der Waals surface area contributed by atoms with Crippen LogP contribution in [0.1, 0.15) is 45.6 Å². The molecule has 10 heteroatoms. The summed E-state index contributed by atoms with van der Waals surface area (Å²) >= 11 is 0. The van der Waals surface area contributed by atoms with Crippen molar-refractivity contribution < 1.29 is 145 Å². The van der Waals surface area contributed by atoms with Crippen LogP contribution in [0.25, 0.3) is 10.6 Å². The zero-order chi connectivity index (χ0) is 23.1. The van der Waals surface area contributed by atoms with Gasteiger partial charge in [-0.3, -0.25) is 9.59 Å². The smallest absolute Gasteiger partial charge is 0.651 e. The number of nitrogens with zero attached hydrogens (tertiary/aromatic N) is 2. The van der Waals surface area contributed by atoms with Crippen LogP contribution in [0.2, 0.25) is 0 Å². The first kappa shape index (κ1) is 36.2. The first-order valence-corrected chi connectivity index (χ1v) is 10.5. The Bertz CT molecular complexity index is 726. The van der Waals surface area contributed by atoms with Crippen molar-refractivity contribution in [1.82, 2.24) is 0 Å². The molecule has 0 unspecified atom stereocenters. The standard InChI is InChI=1S/C23H34N2O6.2Rb/c1-17(2)16-31-11-4-10-30-12-9-24-22(28)15-23(29)25-20-7-5-19(6-8-20)14-21(27)13-18(3)26;;/h5-8,17H,4,9-16H2,1-3H3,(H2,24,25,28,29);;/q;2*+1/p-2. The molecular weight excluding hydrogens is 571 g/mol. The first-order valence-electron chi connectivity index (χ1n) is 10.5. The largest absolute Gasteiger partial charge is 1.00 e. The molecule has 1 aromatic rings. The number of benzene rings is 1. The van der Waals surface area contributed by atoms with Gasteiger partial charge < -0.3 is 29.7 Å². The van der Waals surface area contributed by atoms with Crippen molar-refractivity contribution in [3.63, 3.8) is 0 Å². The normalized spacial score (nSPS) is 10.1. The SMILES string of the molecule is CC(=O)CC(=O)Cc1ccc([N-]C(=O)CC(=O)[N-]CCOCCCOCC(C)C)cc1.[Rb+].[Rb+]. The van der Waals surface area contributed by atoms with E-state index in [1.54, 1.807) is 24.3 Å². The molecule has 0 aliphatic rings. The van der Waals surface area contributed by atoms with Crippen molar-refractivity contribution in [2.75, 3.05) is 33.0 Å². The molecule has 0 saturated carbocycles. The molecule has 0 saturated heterocycles. The Kier molecular flexibility index (Phi) is 24.4. The Morgan fingerprint density at radius 1 is 0.879 bits per heavy atom. The third-order valence-electron chi connectivity index (χ3n) is 3.89. The summed E-state index contributed by atoms with van der Waals surface area (Å²) < 4.78 is 10.8. The maximum Gasteiger partial charge on any atom is 1.00 e. The Hall–Kier alpha value is 1.03. The summed E-state index contributed by atoms with van der Waals surface area (Å²) in [5.41, 5.74) is 1.12. The third kappa shape index (κ3) is 20.9. The summed E-state index contributed by atoms with van der Waals surface area (Å²) in [5.74, 6) is -0.949. The molecule has 0 spiro atoms. The van der Waals surface area contributed by atoms with Crippen molar-refractivity contribution in [2.45, 2.75) is 46.5 Å². The van der Waals surface area contributed by atoms with Crippen LogP contribution in [-0.4, -0.2) is 56.4 Å². The van der Waals surface area contributed by atoms with Gasteiger partial charge in [0, 0.05) is 39.3 Å². The molecule has 0 bridgehead atoms. The molecule has 0 aliphatic heterocycles. The Morgan fingerprint density at radius 3 is 2.12 bits per heavy atom. The van der Waals surface area contributed by atoms with E-state index in [1.807, 2.05) is 0 Å². The summed E-state index contributed by atoms with van der Waals surface area (Å²) in [6.07, 6.45) is 0.440. The van der Waals surface area contributed by atoms with E-state index in [9.17, 15) is 19.2 Å². The van der Waals surface area contributed by atoms with Gasteiger partial charge in [0.1, 0.15) is 11.6 Å². The van der Waals surface area contributed by atoms with Crippen LogP contribution >= 0.6 is 0 Å². The average Bonchev–Trinajstić information content (AvgIpc) is 2.67. The van der Waals surface area contributed by atoms with Gasteiger partial charge in [-0.1, -0.05) is 38.1 Å². The predicted molar refractivity (Wildman–Crippen MR) is 117 cm³/mol. The van der Waals surface area contributed by atoms with Gasteiger partial charge in [0.15, 0.2) is 0 Å². The summed E-state index contributed by atoms with van der Waals surface area (Å²) in [5, 5.41) is 7.65. The van der Waals surface area contributed by atoms with Crippen molar-refractivity contribution >= 4 is 29.1 Å². The fraction of sp³-hybridized carbons (Fsp3) is 0.565. The van der Waals surface area contributed by atoms with Crippen LogP contribution < -0.4 is 116 Å². The number of ether oxygens (including phenoxy) is 2. The number of carbonyl (C=O) groups is 4. The van der Waals surface area contributed by atoms with Gasteiger partial charge in [0.05, 0.1) is 18.2 Å². The molecule has 33 heavy (non-hydrogen) atoms. The minimum absolute atomic E-state index is 0. The van der Waals surface area contributed by atoms with Crippen molar-refractivity contribution in [3.05, 3.63) is 40.5 Å². The van der Waals surface area contributed by atoms with E-state index in [0.717, 1.165) is 18.6 Å². The van der Waals surface area contributed by atoms with Crippen molar-refractivity contribution in [3.8, 4) is 0 Å². The number of hydrogen-bond donors (Lipinski definition) is 0. The quantitative estimate of drug-likeness (QED) is 0.155. The fourth-order valence-corrected chi connectivity index (χ4v) is 2.54. The number of hydrogen-bond acceptors (Lipinski definition) is 6. The molecule has 0 N–H and O–H groups in total. The first-order chi connectivity index (χ1) is 14.8. The van der Waals surface area contributed by atoms with E-state index in [4.69, 9.17) is 9.47 Å². The Labute approximate surface area is 294 Å². The molecule has 0 fully saturated rings. The van der Waals surface area contributed by atoms with E-state index in [-0.39, 0.29) is 147 Å². The van der Waals surface area contributed by atoms with Gasteiger partial charge in [0.2, 0.25) is 0 Å². The summed E-state index contributed by atoms with van der Waals surface area (Å²) in [6.45, 7) is 7.96. The number of carbonyl (C=O) groups excluding carboxylic acids is 4. The van der Waals surface area contributed by atoms with Crippen LogP contribution in [0.5, 0.6) is 0 Å². The number of ketones is 2. The summed E-state index contributed by atoms with van der Waals surface area (Å²) in [7, 11) is 0. The zero-order valence-corrected chi connectivity index (χ0v) is 30.4. The second kappa shape index (κ2) is 22.2. The van der Waals surface area contributed by atoms with E-state index in [2.05, 4.69) is 24.5 Å². The molecular formula is C23H32N2O6Rb2. The van der Waals surface area contributed by atoms with Gasteiger partial charge >= 0.3 is 116 Å². The molecule has 0 aromatic heterocycles. The van der Waals surface area contributed by atoms with E-state index >= 15 is 0 Å². The topological polar surface area (TPSA) is 115 Å². The van der Waals surface area contributed by atoms with Crippen LogP contribution in [0.15, 0.2) is 24.3 Å². The van der Waals surface area contributed by atoms with E-state index < -0.39 is 18.2 Å². The molecule has 172 valence electrons. The van der Waals surface area contributed by atoms with Gasteiger partial charge in [-0.05, 0) is 24.8 Å². The van der Waals surface area contributed by atoms with Crippen LogP contribution in [0, 0.1) is 5.92 Å². The molecule has 0 heterocycles. The van der Waals surface area contributed by atoms with Crippen molar-refractivity contribution in [1.29, 1.82) is 0 Å². The predicted octanol–water partition coefficient (Wildman–Crippen LogP) is -2.31.